The van der Waals surface area contributed by atoms with Crippen LogP contribution in [0.15, 0.2) is 84.9 Å². The van der Waals surface area contributed by atoms with E-state index in [0.29, 0.717) is 5.75 Å². The number of rotatable bonds is 4. The highest BCUT2D eigenvalue weighted by atomic mass is 19.1. The highest BCUT2D eigenvalue weighted by Gasteiger charge is 2.52. The second-order valence-electron chi connectivity index (χ2n) is 13.0. The Morgan fingerprint density at radius 3 is 1.26 bits per heavy atom. The van der Waals surface area contributed by atoms with Gasteiger partial charge in [0.15, 0.2) is 0 Å². The van der Waals surface area contributed by atoms with Crippen molar-refractivity contribution in [1.82, 2.24) is 9.97 Å². The number of hydrogen-bond acceptors (Lipinski definition) is 8. The molecule has 4 heterocycles. The van der Waals surface area contributed by atoms with Crippen molar-refractivity contribution in [3.8, 4) is 17.4 Å². The fourth-order valence-corrected chi connectivity index (χ4v) is 4.23. The van der Waals surface area contributed by atoms with Gasteiger partial charge in [-0.1, -0.05) is 36.4 Å². The number of phenolic OH excluding ortho intramolecular Hbond substituents is 1. The zero-order valence-electron chi connectivity index (χ0n) is 27.8. The quantitative estimate of drug-likeness (QED) is 0.202. The highest BCUT2D eigenvalue weighted by Crippen LogP contribution is 2.37. The molecule has 2 aromatic heterocycles. The van der Waals surface area contributed by atoms with Gasteiger partial charge in [-0.25, -0.2) is 0 Å². The summed E-state index contributed by atoms with van der Waals surface area (Å²) in [5, 5.41) is 9.22. The van der Waals surface area contributed by atoms with Gasteiger partial charge in [-0.3, -0.25) is 0 Å². The van der Waals surface area contributed by atoms with Crippen molar-refractivity contribution in [2.24, 2.45) is 0 Å². The van der Waals surface area contributed by atoms with Gasteiger partial charge in [0.25, 0.3) is 0 Å². The van der Waals surface area contributed by atoms with E-state index in [1.54, 1.807) is 36.4 Å². The zero-order chi connectivity index (χ0) is 34.6. The molecule has 248 valence electrons. The maximum atomic E-state index is 13.1. The number of benzene rings is 2. The third-order valence-electron chi connectivity index (χ3n) is 8.42. The highest BCUT2D eigenvalue weighted by molar-refractivity contribution is 6.62. The third-order valence-corrected chi connectivity index (χ3v) is 8.42. The Hall–Kier alpha value is -3.90. The molecule has 13 heteroatoms. The first-order valence-corrected chi connectivity index (χ1v) is 15.1. The molecular formula is C34H39B2F3N2O6. The number of hydrogen-bond donors (Lipinski definition) is 1. The van der Waals surface area contributed by atoms with Gasteiger partial charge in [-0.15, -0.1) is 0 Å². The Morgan fingerprint density at radius 2 is 0.894 bits per heavy atom. The normalized spacial score (nSPS) is 18.4. The standard InChI is InChI=1S/C17H19BFNO3.C12H17BO3.C5H3F2N/c1-16(2)17(3,4)23-18(22-16)12-8-10-13(11-9-12)21-15-7-5-6-14(19)20-15;1-11(2)12(3,4)16-13(15-11)9-5-7-10(14)8-6-9;6-4-2-1-3-5(7)8-4/h5-11H,1-4H3;5-8,14H,1-4H3;1-3H. The van der Waals surface area contributed by atoms with Crippen molar-refractivity contribution in [2.45, 2.75) is 77.8 Å². The SMILES string of the molecule is CC1(C)OB(c2ccc(O)cc2)OC1(C)C.CC1(C)OB(c2ccc(Oc3cccc(F)n3)cc2)OC1(C)C.Fc1cccc(F)n1. The smallest absolute Gasteiger partial charge is 0.494 e. The molecule has 47 heavy (non-hydrogen) atoms. The predicted octanol–water partition coefficient (Wildman–Crippen LogP) is 6.36. The fraction of sp³-hybridized carbons (Fsp3) is 0.353. The average Bonchev–Trinajstić information content (AvgIpc) is 3.33. The van der Waals surface area contributed by atoms with Crippen LogP contribution in [0, 0.1) is 17.8 Å². The van der Waals surface area contributed by atoms with Crippen molar-refractivity contribution in [1.29, 1.82) is 0 Å². The van der Waals surface area contributed by atoms with Crippen LogP contribution in [0.1, 0.15) is 55.4 Å². The molecule has 0 atom stereocenters. The molecule has 2 aliphatic heterocycles. The first-order valence-electron chi connectivity index (χ1n) is 15.1. The summed E-state index contributed by atoms with van der Waals surface area (Å²) in [6, 6.07) is 22.1. The number of pyridine rings is 2. The number of halogens is 3. The van der Waals surface area contributed by atoms with Gasteiger partial charge in [0.1, 0.15) is 11.5 Å². The van der Waals surface area contributed by atoms with Gasteiger partial charge in [0.2, 0.25) is 23.7 Å². The van der Waals surface area contributed by atoms with Gasteiger partial charge in [0, 0.05) is 6.07 Å². The van der Waals surface area contributed by atoms with E-state index in [2.05, 4.69) is 9.97 Å². The third kappa shape index (κ3) is 9.13. The Labute approximate surface area is 274 Å². The molecule has 0 saturated carbocycles. The lowest BCUT2D eigenvalue weighted by molar-refractivity contribution is 0.00578. The lowest BCUT2D eigenvalue weighted by Gasteiger charge is -2.32. The Morgan fingerprint density at radius 1 is 0.532 bits per heavy atom. The van der Waals surface area contributed by atoms with Crippen molar-refractivity contribution in [3.63, 3.8) is 0 Å². The largest absolute Gasteiger partial charge is 0.508 e. The molecule has 2 fully saturated rings. The number of aromatic hydroxyl groups is 1. The first kappa shape index (κ1) is 35.9. The monoisotopic (exact) mass is 650 g/mol. The van der Waals surface area contributed by atoms with Crippen LogP contribution in [-0.4, -0.2) is 51.7 Å². The molecule has 0 amide bonds. The molecule has 2 saturated heterocycles. The molecule has 1 N–H and O–H groups in total. The average molecular weight is 650 g/mol. The maximum Gasteiger partial charge on any atom is 0.494 e. The molecule has 0 radical (unpaired) electrons. The van der Waals surface area contributed by atoms with Crippen LogP contribution in [0.5, 0.6) is 17.4 Å². The van der Waals surface area contributed by atoms with Crippen LogP contribution in [-0.2, 0) is 18.6 Å². The molecule has 0 spiro atoms. The lowest BCUT2D eigenvalue weighted by atomic mass is 9.79. The Kier molecular flexibility index (Phi) is 10.8. The molecule has 0 unspecified atom stereocenters. The molecule has 0 bridgehead atoms. The van der Waals surface area contributed by atoms with Gasteiger partial charge in [-0.05, 0) is 109 Å². The second-order valence-corrected chi connectivity index (χ2v) is 13.0. The van der Waals surface area contributed by atoms with Gasteiger partial charge in [-0.2, -0.15) is 23.1 Å². The minimum Gasteiger partial charge on any atom is -0.508 e. The number of aromatic nitrogens is 2. The summed E-state index contributed by atoms with van der Waals surface area (Å²) < 4.78 is 66.0. The first-order chi connectivity index (χ1) is 21.9. The van der Waals surface area contributed by atoms with Crippen LogP contribution in [0.3, 0.4) is 0 Å². The van der Waals surface area contributed by atoms with E-state index in [0.717, 1.165) is 23.1 Å². The summed E-state index contributed by atoms with van der Waals surface area (Å²) in [7, 11) is -0.771. The van der Waals surface area contributed by atoms with E-state index in [9.17, 15) is 18.3 Å². The van der Waals surface area contributed by atoms with E-state index in [4.69, 9.17) is 23.4 Å². The summed E-state index contributed by atoms with van der Waals surface area (Å²) in [5.41, 5.74) is 0.432. The van der Waals surface area contributed by atoms with Gasteiger partial charge in [0.05, 0.1) is 22.4 Å². The molecule has 4 aromatic rings. The van der Waals surface area contributed by atoms with Crippen molar-refractivity contribution in [3.05, 3.63) is 103 Å². The maximum absolute atomic E-state index is 13.1. The van der Waals surface area contributed by atoms with Crippen molar-refractivity contribution < 1.29 is 41.6 Å². The van der Waals surface area contributed by atoms with E-state index >= 15 is 0 Å². The fourth-order valence-electron chi connectivity index (χ4n) is 4.23. The van der Waals surface area contributed by atoms with Crippen LogP contribution in [0.4, 0.5) is 13.2 Å². The molecule has 6 rings (SSSR count). The molecule has 8 nitrogen and oxygen atoms in total. The van der Waals surface area contributed by atoms with Crippen LogP contribution >= 0.6 is 0 Å². The van der Waals surface area contributed by atoms with Gasteiger partial charge < -0.3 is 28.5 Å². The van der Waals surface area contributed by atoms with Crippen molar-refractivity contribution >= 4 is 25.2 Å². The predicted molar refractivity (Wildman–Crippen MR) is 174 cm³/mol. The van der Waals surface area contributed by atoms with E-state index < -0.39 is 25.0 Å². The second kappa shape index (κ2) is 14.1. The Balaban J connectivity index is 0.000000180. The number of ether oxygens (including phenoxy) is 1. The van der Waals surface area contributed by atoms with Crippen LogP contribution in [0.2, 0.25) is 0 Å². The van der Waals surface area contributed by atoms with E-state index in [1.165, 1.54) is 12.1 Å². The molecule has 0 aliphatic carbocycles. The van der Waals surface area contributed by atoms with Crippen molar-refractivity contribution in [2.75, 3.05) is 0 Å². The molecule has 2 aliphatic rings. The topological polar surface area (TPSA) is 92.2 Å². The number of nitrogens with zero attached hydrogens (tertiary/aromatic N) is 2. The lowest BCUT2D eigenvalue weighted by Crippen LogP contribution is -2.41. The summed E-state index contributed by atoms with van der Waals surface area (Å²) >= 11 is 0. The number of phenols is 1. The zero-order valence-corrected chi connectivity index (χ0v) is 27.8. The van der Waals surface area contributed by atoms with Crippen LogP contribution < -0.4 is 15.7 Å². The van der Waals surface area contributed by atoms with Crippen LogP contribution in [0.25, 0.3) is 0 Å². The van der Waals surface area contributed by atoms with E-state index in [-0.39, 0.29) is 41.2 Å². The molecule has 2 aromatic carbocycles. The van der Waals surface area contributed by atoms with E-state index in [1.807, 2.05) is 79.7 Å². The Bertz CT molecular complexity index is 1590. The summed E-state index contributed by atoms with van der Waals surface area (Å²) in [4.78, 5) is 6.51. The minimum absolute atomic E-state index is 0.216. The van der Waals surface area contributed by atoms with Gasteiger partial charge >= 0.3 is 14.2 Å². The summed E-state index contributed by atoms with van der Waals surface area (Å²) in [5.74, 6) is -1.11. The summed E-state index contributed by atoms with van der Waals surface area (Å²) in [6.45, 7) is 16.1. The minimum atomic E-state index is -0.787. The molecular weight excluding hydrogens is 611 g/mol. The summed E-state index contributed by atoms with van der Waals surface area (Å²) in [6.07, 6.45) is 0.